The van der Waals surface area contributed by atoms with Crippen molar-refractivity contribution in [2.75, 3.05) is 12.4 Å². The van der Waals surface area contributed by atoms with E-state index in [0.717, 1.165) is 22.0 Å². The summed E-state index contributed by atoms with van der Waals surface area (Å²) in [5.41, 5.74) is 2.01. The Morgan fingerprint density at radius 3 is 2.68 bits per heavy atom. The van der Waals surface area contributed by atoms with E-state index in [1.807, 2.05) is 55.5 Å². The number of nitrogens with one attached hydrogen (secondary N) is 1. The molecule has 0 spiro atoms. The number of ether oxygens (including phenoxy) is 1. The largest absolute Gasteiger partial charge is 0.466 e. The SMILES string of the molecule is CCOC(=O)C[C@@H]1CS[C@@H](c2ccc(C)cc2)[C@]1(C#N)C(=O)c1c[nH]c2ccccc12. The highest BCUT2D eigenvalue weighted by Crippen LogP contribution is 2.59. The second kappa shape index (κ2) is 8.60. The molecule has 0 radical (unpaired) electrons. The number of benzene rings is 2. The minimum atomic E-state index is -1.36. The van der Waals surface area contributed by atoms with Crippen molar-refractivity contribution in [3.05, 3.63) is 71.4 Å². The predicted molar refractivity (Wildman–Crippen MR) is 122 cm³/mol. The Morgan fingerprint density at radius 2 is 1.97 bits per heavy atom. The molecular formula is C25H24N2O3S. The molecule has 158 valence electrons. The minimum absolute atomic E-state index is 0.0465. The number of nitrogens with zero attached hydrogens (tertiary/aromatic N) is 1. The number of Topliss-reactive ketones (excluding diaryl/α,β-unsaturated/α-hetero) is 1. The first-order valence-corrected chi connectivity index (χ1v) is 11.4. The number of carbonyl (C=O) groups is 2. The molecule has 0 saturated carbocycles. The smallest absolute Gasteiger partial charge is 0.306 e. The van der Waals surface area contributed by atoms with E-state index in [2.05, 4.69) is 11.1 Å². The van der Waals surface area contributed by atoms with Crippen LogP contribution in [-0.2, 0) is 9.53 Å². The summed E-state index contributed by atoms with van der Waals surface area (Å²) < 4.78 is 5.16. The summed E-state index contributed by atoms with van der Waals surface area (Å²) in [6.07, 6.45) is 1.73. The van der Waals surface area contributed by atoms with Gasteiger partial charge in [0.2, 0.25) is 0 Å². The van der Waals surface area contributed by atoms with Gasteiger partial charge in [0, 0.05) is 28.6 Å². The normalized spacial score (nSPS) is 22.9. The lowest BCUT2D eigenvalue weighted by molar-refractivity contribution is -0.144. The highest BCUT2D eigenvalue weighted by molar-refractivity contribution is 7.99. The average molecular weight is 433 g/mol. The third-order valence-corrected chi connectivity index (χ3v) is 7.59. The van der Waals surface area contributed by atoms with Crippen LogP contribution in [0.5, 0.6) is 0 Å². The molecular weight excluding hydrogens is 408 g/mol. The van der Waals surface area contributed by atoms with Gasteiger partial charge >= 0.3 is 5.97 Å². The number of esters is 1. The number of rotatable bonds is 6. The van der Waals surface area contributed by atoms with E-state index in [9.17, 15) is 14.9 Å². The van der Waals surface area contributed by atoms with E-state index in [1.54, 1.807) is 24.9 Å². The van der Waals surface area contributed by atoms with Gasteiger partial charge in [-0.3, -0.25) is 9.59 Å². The first-order chi connectivity index (χ1) is 15.0. The van der Waals surface area contributed by atoms with Crippen molar-refractivity contribution in [3.63, 3.8) is 0 Å². The van der Waals surface area contributed by atoms with Crippen LogP contribution in [0.1, 0.15) is 40.1 Å². The summed E-state index contributed by atoms with van der Waals surface area (Å²) in [6, 6.07) is 17.9. The fraction of sp³-hybridized carbons (Fsp3) is 0.320. The van der Waals surface area contributed by atoms with Crippen LogP contribution in [0, 0.1) is 29.6 Å². The number of nitriles is 1. The molecule has 0 amide bonds. The molecule has 3 aromatic rings. The van der Waals surface area contributed by atoms with Crippen molar-refractivity contribution in [1.82, 2.24) is 4.98 Å². The second-order valence-electron chi connectivity index (χ2n) is 7.89. The molecule has 1 fully saturated rings. The van der Waals surface area contributed by atoms with Gasteiger partial charge in [0.1, 0.15) is 5.41 Å². The molecule has 5 nitrogen and oxygen atoms in total. The molecule has 1 aliphatic rings. The summed E-state index contributed by atoms with van der Waals surface area (Å²) in [6.45, 7) is 4.03. The van der Waals surface area contributed by atoms with E-state index >= 15 is 0 Å². The number of aromatic nitrogens is 1. The Balaban J connectivity index is 1.83. The zero-order valence-corrected chi connectivity index (χ0v) is 18.4. The molecule has 4 rings (SSSR count). The molecule has 31 heavy (non-hydrogen) atoms. The van der Waals surface area contributed by atoms with Gasteiger partial charge in [-0.2, -0.15) is 17.0 Å². The molecule has 3 atom stereocenters. The zero-order valence-electron chi connectivity index (χ0n) is 17.6. The highest BCUT2D eigenvalue weighted by Gasteiger charge is 2.58. The lowest BCUT2D eigenvalue weighted by Gasteiger charge is -2.31. The molecule has 0 aliphatic carbocycles. The second-order valence-corrected chi connectivity index (χ2v) is 9.03. The number of H-pyrrole nitrogens is 1. The van der Waals surface area contributed by atoms with E-state index in [1.165, 1.54) is 0 Å². The first kappa shape index (κ1) is 21.2. The molecule has 2 heterocycles. The van der Waals surface area contributed by atoms with Gasteiger partial charge < -0.3 is 9.72 Å². The maximum absolute atomic E-state index is 14.1. The van der Waals surface area contributed by atoms with E-state index in [4.69, 9.17) is 4.74 Å². The maximum atomic E-state index is 14.1. The number of fused-ring (bicyclic) bond motifs is 1. The highest BCUT2D eigenvalue weighted by atomic mass is 32.2. The van der Waals surface area contributed by atoms with Gasteiger partial charge in [-0.1, -0.05) is 48.0 Å². The number of hydrogen-bond donors (Lipinski definition) is 1. The third-order valence-electron chi connectivity index (χ3n) is 6.01. The summed E-state index contributed by atoms with van der Waals surface area (Å²) in [5.74, 6) is -0.505. The lowest BCUT2D eigenvalue weighted by Crippen LogP contribution is -2.39. The van der Waals surface area contributed by atoms with Gasteiger partial charge in [-0.15, -0.1) is 0 Å². The van der Waals surface area contributed by atoms with E-state index in [0.29, 0.717) is 11.3 Å². The van der Waals surface area contributed by atoms with Crippen molar-refractivity contribution in [2.45, 2.75) is 25.5 Å². The number of thioether (sulfide) groups is 1. The summed E-state index contributed by atoms with van der Waals surface area (Å²) >= 11 is 1.57. The Hall–Kier alpha value is -3.04. The van der Waals surface area contributed by atoms with Crippen LogP contribution in [-0.4, -0.2) is 29.1 Å². The van der Waals surface area contributed by atoms with Crippen molar-refractivity contribution >= 4 is 34.4 Å². The van der Waals surface area contributed by atoms with E-state index < -0.39 is 11.3 Å². The number of ketones is 1. The summed E-state index contributed by atoms with van der Waals surface area (Å²) in [5, 5.41) is 10.9. The van der Waals surface area contributed by atoms with Gasteiger partial charge in [0.05, 0.1) is 24.3 Å². The topological polar surface area (TPSA) is 82.9 Å². The van der Waals surface area contributed by atoms with Crippen LogP contribution in [0.4, 0.5) is 0 Å². The van der Waals surface area contributed by atoms with Crippen LogP contribution in [0.2, 0.25) is 0 Å². The number of aromatic amines is 1. The monoisotopic (exact) mass is 432 g/mol. The molecule has 6 heteroatoms. The van der Waals surface area contributed by atoms with Crippen molar-refractivity contribution < 1.29 is 14.3 Å². The Morgan fingerprint density at radius 1 is 1.23 bits per heavy atom. The Labute approximate surface area is 185 Å². The number of para-hydroxylation sites is 1. The van der Waals surface area contributed by atoms with Crippen LogP contribution < -0.4 is 0 Å². The first-order valence-electron chi connectivity index (χ1n) is 10.4. The van der Waals surface area contributed by atoms with Gasteiger partial charge in [-0.25, -0.2) is 0 Å². The predicted octanol–water partition coefficient (Wildman–Crippen LogP) is 5.23. The number of hydrogen-bond acceptors (Lipinski definition) is 5. The Bertz CT molecular complexity index is 1160. The molecule has 2 aromatic carbocycles. The molecule has 1 aliphatic heterocycles. The van der Waals surface area contributed by atoms with E-state index in [-0.39, 0.29) is 30.0 Å². The average Bonchev–Trinajstić information content (AvgIpc) is 3.36. The zero-order chi connectivity index (χ0) is 22.0. The van der Waals surface area contributed by atoms with Crippen LogP contribution in [0.25, 0.3) is 10.9 Å². The molecule has 1 N–H and O–H groups in total. The Kier molecular flexibility index (Phi) is 5.88. The summed E-state index contributed by atoms with van der Waals surface area (Å²) in [7, 11) is 0. The van der Waals surface area contributed by atoms with Crippen LogP contribution >= 0.6 is 11.8 Å². The van der Waals surface area contributed by atoms with Gasteiger partial charge in [0.25, 0.3) is 0 Å². The number of carbonyl (C=O) groups excluding carboxylic acids is 2. The lowest BCUT2D eigenvalue weighted by atomic mass is 9.67. The number of aryl methyl sites for hydroxylation is 1. The molecule has 0 bridgehead atoms. The van der Waals surface area contributed by atoms with Gasteiger partial charge in [0.15, 0.2) is 5.78 Å². The standard InChI is InChI=1S/C25H24N2O3S/c1-3-30-22(28)12-18-14-31-24(17-10-8-16(2)9-11-17)25(18,15-26)23(29)20-13-27-21-7-5-4-6-19(20)21/h4-11,13,18,24,27H,3,12,14H2,1-2H3/t18-,24+,25+/m1/s1. The molecule has 1 aromatic heterocycles. The van der Waals surface area contributed by atoms with Crippen molar-refractivity contribution in [2.24, 2.45) is 11.3 Å². The van der Waals surface area contributed by atoms with Crippen molar-refractivity contribution in [3.8, 4) is 6.07 Å². The third kappa shape index (κ3) is 3.64. The minimum Gasteiger partial charge on any atom is -0.466 e. The quantitative estimate of drug-likeness (QED) is 0.426. The molecule has 1 saturated heterocycles. The maximum Gasteiger partial charge on any atom is 0.306 e. The van der Waals surface area contributed by atoms with Crippen molar-refractivity contribution in [1.29, 1.82) is 5.26 Å². The van der Waals surface area contributed by atoms with Gasteiger partial charge in [-0.05, 0) is 31.2 Å². The fourth-order valence-corrected chi connectivity index (χ4v) is 6.19. The fourth-order valence-electron chi connectivity index (χ4n) is 4.42. The van der Waals surface area contributed by atoms with Crippen LogP contribution in [0.15, 0.2) is 54.7 Å². The summed E-state index contributed by atoms with van der Waals surface area (Å²) in [4.78, 5) is 29.6. The molecule has 0 unspecified atom stereocenters. The van der Waals surface area contributed by atoms with Crippen LogP contribution in [0.3, 0.4) is 0 Å².